The number of aromatic hydroxyl groups is 3. The summed E-state index contributed by atoms with van der Waals surface area (Å²) in [6.07, 6.45) is 5.95. The first-order chi connectivity index (χ1) is 16.7. The summed E-state index contributed by atoms with van der Waals surface area (Å²) < 4.78 is 0. The Morgan fingerprint density at radius 2 is 1.09 bits per heavy atom. The molecule has 0 bridgehead atoms. The van der Waals surface area contributed by atoms with Crippen molar-refractivity contribution in [2.24, 2.45) is 11.8 Å². The zero-order chi connectivity index (χ0) is 25.2. The first-order valence-corrected chi connectivity index (χ1v) is 13.1. The van der Waals surface area contributed by atoms with E-state index in [1.807, 2.05) is 24.3 Å². The molecule has 0 amide bonds. The largest absolute Gasteiger partial charge is 0.508 e. The van der Waals surface area contributed by atoms with Gasteiger partial charge in [-0.1, -0.05) is 52.0 Å². The highest BCUT2D eigenvalue weighted by Gasteiger charge is 2.41. The molecule has 3 nitrogen and oxygen atoms in total. The topological polar surface area (TPSA) is 60.7 Å². The fourth-order valence-electron chi connectivity index (χ4n) is 6.19. The first-order valence-electron chi connectivity index (χ1n) is 13.1. The zero-order valence-corrected chi connectivity index (χ0v) is 21.6. The molecule has 186 valence electrons. The lowest BCUT2D eigenvalue weighted by Crippen LogP contribution is -2.35. The van der Waals surface area contributed by atoms with E-state index in [1.165, 1.54) is 27.8 Å². The van der Waals surface area contributed by atoms with Crippen LogP contribution in [0.4, 0.5) is 0 Å². The number of phenols is 3. The molecule has 0 saturated heterocycles. The van der Waals surface area contributed by atoms with Crippen LogP contribution in [-0.4, -0.2) is 15.3 Å². The minimum absolute atomic E-state index is 0.163. The van der Waals surface area contributed by atoms with Crippen molar-refractivity contribution in [3.8, 4) is 17.2 Å². The maximum Gasteiger partial charge on any atom is 0.115 e. The molecule has 0 unspecified atom stereocenters. The second-order valence-electron chi connectivity index (χ2n) is 11.3. The van der Waals surface area contributed by atoms with E-state index in [-0.39, 0.29) is 5.41 Å². The molecule has 35 heavy (non-hydrogen) atoms. The number of benzene rings is 3. The van der Waals surface area contributed by atoms with Gasteiger partial charge in [0.15, 0.2) is 0 Å². The van der Waals surface area contributed by atoms with Gasteiger partial charge in [-0.05, 0) is 120 Å². The Hall–Kier alpha value is -2.94. The van der Waals surface area contributed by atoms with Gasteiger partial charge < -0.3 is 15.3 Å². The molecule has 3 aromatic carbocycles. The van der Waals surface area contributed by atoms with Gasteiger partial charge in [0.1, 0.15) is 17.2 Å². The van der Waals surface area contributed by atoms with Crippen LogP contribution < -0.4 is 0 Å². The third-order valence-corrected chi connectivity index (χ3v) is 7.67. The minimum atomic E-state index is -0.163. The average Bonchev–Trinajstić information content (AvgIpc) is 2.79. The minimum Gasteiger partial charge on any atom is -0.508 e. The van der Waals surface area contributed by atoms with Crippen LogP contribution >= 0.6 is 0 Å². The molecule has 0 aromatic heterocycles. The Bertz CT molecular complexity index is 1070. The van der Waals surface area contributed by atoms with Crippen molar-refractivity contribution in [2.45, 2.75) is 77.6 Å². The molecule has 1 aliphatic carbocycles. The SMILES string of the molecule is CC(C)Cc1cc(O)ccc1C1(c2ccc(O)cc2CC(C)C)CCC(c2ccc(O)cc2)CC1. The van der Waals surface area contributed by atoms with E-state index in [4.69, 9.17) is 0 Å². The highest BCUT2D eigenvalue weighted by Crippen LogP contribution is 2.52. The van der Waals surface area contributed by atoms with Gasteiger partial charge >= 0.3 is 0 Å². The molecule has 1 fully saturated rings. The van der Waals surface area contributed by atoms with Gasteiger partial charge in [0.2, 0.25) is 0 Å². The van der Waals surface area contributed by atoms with Crippen LogP contribution in [0.2, 0.25) is 0 Å². The summed E-state index contributed by atoms with van der Waals surface area (Å²) in [5.41, 5.74) is 6.23. The first kappa shape index (κ1) is 25.2. The van der Waals surface area contributed by atoms with E-state index in [2.05, 4.69) is 52.0 Å². The Labute approximate surface area is 210 Å². The third kappa shape index (κ3) is 5.50. The van der Waals surface area contributed by atoms with Crippen LogP contribution in [-0.2, 0) is 18.3 Å². The van der Waals surface area contributed by atoms with Crippen LogP contribution in [0.5, 0.6) is 17.2 Å². The van der Waals surface area contributed by atoms with Crippen LogP contribution in [0.15, 0.2) is 60.7 Å². The molecule has 1 saturated carbocycles. The molecule has 1 aliphatic rings. The highest BCUT2D eigenvalue weighted by molar-refractivity contribution is 5.51. The molecule has 0 spiro atoms. The molecule has 0 heterocycles. The van der Waals surface area contributed by atoms with Crippen molar-refractivity contribution < 1.29 is 15.3 Å². The van der Waals surface area contributed by atoms with Gasteiger partial charge in [0, 0.05) is 5.41 Å². The summed E-state index contributed by atoms with van der Waals surface area (Å²) in [4.78, 5) is 0. The van der Waals surface area contributed by atoms with Crippen molar-refractivity contribution in [3.05, 3.63) is 88.5 Å². The normalized spacial score (nSPS) is 16.2. The number of hydrogen-bond donors (Lipinski definition) is 3. The second kappa shape index (κ2) is 10.4. The van der Waals surface area contributed by atoms with Gasteiger partial charge in [-0.3, -0.25) is 0 Å². The zero-order valence-electron chi connectivity index (χ0n) is 21.6. The van der Waals surface area contributed by atoms with E-state index in [1.54, 1.807) is 12.1 Å². The van der Waals surface area contributed by atoms with E-state index in [9.17, 15) is 15.3 Å². The Kier molecular flexibility index (Phi) is 7.44. The standard InChI is InChI=1S/C32H40O3/c1-21(2)17-25-19-28(34)9-11-30(25)32(31-12-10-29(35)20-26(31)18-22(3)4)15-13-24(14-16-32)23-5-7-27(33)8-6-23/h5-12,19-22,24,33-35H,13-18H2,1-4H3. The Morgan fingerprint density at radius 3 is 1.51 bits per heavy atom. The second-order valence-corrected chi connectivity index (χ2v) is 11.3. The molecule has 0 atom stereocenters. The summed E-state index contributed by atoms with van der Waals surface area (Å²) >= 11 is 0. The predicted molar refractivity (Wildman–Crippen MR) is 143 cm³/mol. The van der Waals surface area contributed by atoms with Crippen LogP contribution in [0.1, 0.15) is 87.1 Å². The molecule has 3 heteroatoms. The fourth-order valence-corrected chi connectivity index (χ4v) is 6.19. The smallest absolute Gasteiger partial charge is 0.115 e. The lowest BCUT2D eigenvalue weighted by Gasteiger charge is -2.44. The highest BCUT2D eigenvalue weighted by atomic mass is 16.3. The van der Waals surface area contributed by atoms with Crippen molar-refractivity contribution in [1.29, 1.82) is 0 Å². The van der Waals surface area contributed by atoms with Crippen molar-refractivity contribution in [2.75, 3.05) is 0 Å². The van der Waals surface area contributed by atoms with E-state index in [0.29, 0.717) is 35.0 Å². The summed E-state index contributed by atoms with van der Waals surface area (Å²) in [5.74, 6) is 2.38. The van der Waals surface area contributed by atoms with Crippen LogP contribution in [0.3, 0.4) is 0 Å². The fraction of sp³-hybridized carbons (Fsp3) is 0.438. The lowest BCUT2D eigenvalue weighted by molar-refractivity contribution is 0.309. The van der Waals surface area contributed by atoms with E-state index >= 15 is 0 Å². The lowest BCUT2D eigenvalue weighted by atomic mass is 9.60. The molecule has 0 aliphatic heterocycles. The number of phenolic OH excluding ortho intramolecular Hbond substituents is 3. The summed E-state index contributed by atoms with van der Waals surface area (Å²) in [6.45, 7) is 8.92. The van der Waals surface area contributed by atoms with Gasteiger partial charge in [0.25, 0.3) is 0 Å². The Morgan fingerprint density at radius 1 is 0.657 bits per heavy atom. The van der Waals surface area contributed by atoms with Crippen molar-refractivity contribution in [1.82, 2.24) is 0 Å². The van der Waals surface area contributed by atoms with Crippen LogP contribution in [0, 0.1) is 11.8 Å². The molecule has 0 radical (unpaired) electrons. The number of hydrogen-bond acceptors (Lipinski definition) is 3. The monoisotopic (exact) mass is 472 g/mol. The van der Waals surface area contributed by atoms with E-state index < -0.39 is 0 Å². The molecule has 3 N–H and O–H groups in total. The summed E-state index contributed by atoms with van der Waals surface area (Å²) in [6, 6.07) is 19.6. The Balaban J connectivity index is 1.83. The van der Waals surface area contributed by atoms with Gasteiger partial charge in [0.05, 0.1) is 0 Å². The predicted octanol–water partition coefficient (Wildman–Crippen LogP) is 7.84. The van der Waals surface area contributed by atoms with Gasteiger partial charge in [-0.25, -0.2) is 0 Å². The molecular weight excluding hydrogens is 432 g/mol. The third-order valence-electron chi connectivity index (χ3n) is 7.67. The van der Waals surface area contributed by atoms with Gasteiger partial charge in [-0.15, -0.1) is 0 Å². The molecular formula is C32H40O3. The summed E-state index contributed by atoms with van der Waals surface area (Å²) in [7, 11) is 0. The quantitative estimate of drug-likeness (QED) is 0.328. The van der Waals surface area contributed by atoms with Crippen molar-refractivity contribution in [3.63, 3.8) is 0 Å². The van der Waals surface area contributed by atoms with Crippen molar-refractivity contribution >= 4 is 0 Å². The molecule has 4 rings (SSSR count). The maximum atomic E-state index is 10.4. The number of rotatable bonds is 7. The van der Waals surface area contributed by atoms with Crippen LogP contribution in [0.25, 0.3) is 0 Å². The average molecular weight is 473 g/mol. The maximum absolute atomic E-state index is 10.4. The van der Waals surface area contributed by atoms with E-state index in [0.717, 1.165) is 38.5 Å². The summed E-state index contributed by atoms with van der Waals surface area (Å²) in [5, 5.41) is 30.5. The van der Waals surface area contributed by atoms with Gasteiger partial charge in [-0.2, -0.15) is 0 Å². The molecule has 3 aromatic rings.